The van der Waals surface area contributed by atoms with E-state index in [4.69, 9.17) is 6.57 Å². The molecule has 2 unspecified atom stereocenters. The lowest BCUT2D eigenvalue weighted by Gasteiger charge is -2.20. The van der Waals surface area contributed by atoms with Gasteiger partial charge in [0.2, 0.25) is 0 Å². The molecule has 1 aliphatic rings. The first-order valence-corrected chi connectivity index (χ1v) is 8.35. The third kappa shape index (κ3) is 3.89. The first kappa shape index (κ1) is 20.3. The Hall–Kier alpha value is -3.48. The number of phenolic OH excluding ortho intramolecular Hbond substituents is 1. The van der Waals surface area contributed by atoms with E-state index < -0.39 is 46.5 Å². The predicted molar refractivity (Wildman–Crippen MR) is 95.0 cm³/mol. The van der Waals surface area contributed by atoms with Crippen LogP contribution in [0.3, 0.4) is 0 Å². The molecule has 1 amide bonds. The SMILES string of the molecule is [C-]#[N+]c1ccc(NC(=O)C2(C)CC(c3cccc(O)c3F)N=N2)cc1C(F)(F)F. The van der Waals surface area contributed by atoms with Gasteiger partial charge in [0.1, 0.15) is 6.04 Å². The number of carbonyl (C=O) groups excluding carboxylic acids is 1. The summed E-state index contributed by atoms with van der Waals surface area (Å²) in [5.74, 6) is -2.16. The number of benzene rings is 2. The molecule has 2 N–H and O–H groups in total. The highest BCUT2D eigenvalue weighted by molar-refractivity contribution is 5.98. The molecule has 6 nitrogen and oxygen atoms in total. The zero-order chi connectivity index (χ0) is 21.4. The molecule has 0 aromatic heterocycles. The Kier molecular flexibility index (Phi) is 5.00. The molecule has 0 saturated heterocycles. The molecule has 29 heavy (non-hydrogen) atoms. The molecule has 150 valence electrons. The summed E-state index contributed by atoms with van der Waals surface area (Å²) < 4.78 is 53.4. The van der Waals surface area contributed by atoms with E-state index >= 15 is 0 Å². The molecule has 1 aliphatic heterocycles. The fourth-order valence-electron chi connectivity index (χ4n) is 2.96. The summed E-state index contributed by atoms with van der Waals surface area (Å²) in [4.78, 5) is 15.5. The highest BCUT2D eigenvalue weighted by Crippen LogP contribution is 2.41. The lowest BCUT2D eigenvalue weighted by atomic mass is 9.91. The van der Waals surface area contributed by atoms with Gasteiger partial charge in [-0.15, -0.1) is 0 Å². The number of halogens is 4. The molecule has 0 radical (unpaired) electrons. The molecular weight excluding hydrogens is 392 g/mol. The van der Waals surface area contributed by atoms with Crippen molar-refractivity contribution in [3.63, 3.8) is 0 Å². The average Bonchev–Trinajstić information content (AvgIpc) is 3.06. The monoisotopic (exact) mass is 406 g/mol. The molecule has 10 heteroatoms. The van der Waals surface area contributed by atoms with Crippen molar-refractivity contribution in [2.75, 3.05) is 5.32 Å². The summed E-state index contributed by atoms with van der Waals surface area (Å²) in [6.07, 6.45) is -4.79. The van der Waals surface area contributed by atoms with Gasteiger partial charge in [-0.25, -0.2) is 9.24 Å². The van der Waals surface area contributed by atoms with Crippen LogP contribution in [-0.2, 0) is 11.0 Å². The lowest BCUT2D eigenvalue weighted by Crippen LogP contribution is -2.37. The predicted octanol–water partition coefficient (Wildman–Crippen LogP) is 5.40. The number of anilines is 1. The second-order valence-corrected chi connectivity index (χ2v) is 6.69. The van der Waals surface area contributed by atoms with Crippen LogP contribution >= 0.6 is 0 Å². The van der Waals surface area contributed by atoms with E-state index in [0.717, 1.165) is 6.07 Å². The van der Waals surface area contributed by atoms with Gasteiger partial charge in [-0.05, 0) is 25.1 Å². The van der Waals surface area contributed by atoms with E-state index in [9.17, 15) is 27.5 Å². The number of hydrogen-bond donors (Lipinski definition) is 2. The summed E-state index contributed by atoms with van der Waals surface area (Å²) in [6, 6.07) is 6.00. The third-order valence-corrected chi connectivity index (χ3v) is 4.55. The van der Waals surface area contributed by atoms with E-state index in [-0.39, 0.29) is 17.7 Å². The first-order valence-electron chi connectivity index (χ1n) is 8.35. The minimum absolute atomic E-state index is 0.0362. The largest absolute Gasteiger partial charge is 0.505 e. The van der Waals surface area contributed by atoms with Crippen molar-refractivity contribution in [1.29, 1.82) is 0 Å². The van der Waals surface area contributed by atoms with Gasteiger partial charge in [0.15, 0.2) is 22.8 Å². The van der Waals surface area contributed by atoms with Crippen LogP contribution in [-0.4, -0.2) is 16.6 Å². The van der Waals surface area contributed by atoms with Crippen LogP contribution in [0.2, 0.25) is 0 Å². The minimum Gasteiger partial charge on any atom is -0.505 e. The van der Waals surface area contributed by atoms with Crippen LogP contribution in [0.15, 0.2) is 46.6 Å². The van der Waals surface area contributed by atoms with Crippen molar-refractivity contribution in [2.45, 2.75) is 31.1 Å². The van der Waals surface area contributed by atoms with Crippen molar-refractivity contribution >= 4 is 17.3 Å². The van der Waals surface area contributed by atoms with Gasteiger partial charge in [-0.3, -0.25) is 4.79 Å². The Labute approximate surface area is 162 Å². The third-order valence-electron chi connectivity index (χ3n) is 4.55. The minimum atomic E-state index is -4.75. The van der Waals surface area contributed by atoms with E-state index in [1.54, 1.807) is 0 Å². The number of phenols is 1. The molecule has 0 fully saturated rings. The number of nitrogens with zero attached hydrogens (tertiary/aromatic N) is 3. The second kappa shape index (κ2) is 7.16. The Morgan fingerprint density at radius 3 is 2.72 bits per heavy atom. The molecule has 0 aliphatic carbocycles. The average molecular weight is 406 g/mol. The van der Waals surface area contributed by atoms with Crippen molar-refractivity contribution in [3.8, 4) is 5.75 Å². The lowest BCUT2D eigenvalue weighted by molar-refractivity contribution is -0.136. The molecule has 0 bridgehead atoms. The van der Waals surface area contributed by atoms with Gasteiger partial charge in [-0.1, -0.05) is 18.2 Å². The number of carbonyl (C=O) groups is 1. The zero-order valence-electron chi connectivity index (χ0n) is 15.0. The highest BCUT2D eigenvalue weighted by Gasteiger charge is 2.42. The van der Waals surface area contributed by atoms with Gasteiger partial charge in [0, 0.05) is 17.7 Å². The van der Waals surface area contributed by atoms with E-state index in [2.05, 4.69) is 20.4 Å². The molecule has 2 atom stereocenters. The van der Waals surface area contributed by atoms with E-state index in [1.165, 1.54) is 31.2 Å². The first-order chi connectivity index (χ1) is 13.5. The maximum atomic E-state index is 14.1. The summed E-state index contributed by atoms with van der Waals surface area (Å²) in [5, 5.41) is 19.6. The van der Waals surface area contributed by atoms with Crippen molar-refractivity contribution in [2.24, 2.45) is 10.2 Å². The Morgan fingerprint density at radius 2 is 2.07 bits per heavy atom. The van der Waals surface area contributed by atoms with Crippen molar-refractivity contribution < 1.29 is 27.5 Å². The fraction of sp³-hybridized carbons (Fsp3) is 0.263. The summed E-state index contributed by atoms with van der Waals surface area (Å²) in [6.45, 7) is 8.26. The van der Waals surface area contributed by atoms with E-state index in [0.29, 0.717) is 6.07 Å². The number of rotatable bonds is 3. The van der Waals surface area contributed by atoms with Crippen LogP contribution in [0.1, 0.15) is 30.5 Å². The summed E-state index contributed by atoms with van der Waals surface area (Å²) >= 11 is 0. The van der Waals surface area contributed by atoms with E-state index in [1.807, 2.05) is 0 Å². The molecule has 2 aromatic carbocycles. The number of aromatic hydroxyl groups is 1. The maximum absolute atomic E-state index is 14.1. The molecular formula is C19H14F4N4O2. The number of alkyl halides is 3. The molecule has 3 rings (SSSR count). The highest BCUT2D eigenvalue weighted by atomic mass is 19.4. The second-order valence-electron chi connectivity index (χ2n) is 6.69. The standard InChI is InChI=1S/C19H14F4N4O2/c1-18(9-14(26-27-18)11-4-3-5-15(28)16(11)20)17(29)25-10-6-7-13(24-2)12(8-10)19(21,22)23/h3-8,14,28H,9H2,1H3,(H,25,29). The molecule has 2 aromatic rings. The maximum Gasteiger partial charge on any atom is 0.407 e. The van der Waals surface area contributed by atoms with Crippen LogP contribution in [0.5, 0.6) is 5.75 Å². The smallest absolute Gasteiger partial charge is 0.407 e. The fourth-order valence-corrected chi connectivity index (χ4v) is 2.96. The summed E-state index contributed by atoms with van der Waals surface area (Å²) in [7, 11) is 0. The number of nitrogens with one attached hydrogen (secondary N) is 1. The van der Waals surface area contributed by atoms with Gasteiger partial charge >= 0.3 is 6.18 Å². The Morgan fingerprint density at radius 1 is 1.34 bits per heavy atom. The van der Waals surface area contributed by atoms with Crippen LogP contribution < -0.4 is 5.32 Å². The van der Waals surface area contributed by atoms with Gasteiger partial charge < -0.3 is 10.4 Å². The topological polar surface area (TPSA) is 78.4 Å². The quantitative estimate of drug-likeness (QED) is 0.529. The number of amides is 1. The van der Waals surface area contributed by atoms with Crippen molar-refractivity contribution in [3.05, 3.63) is 64.8 Å². The molecule has 0 saturated carbocycles. The van der Waals surface area contributed by atoms with Gasteiger partial charge in [0.25, 0.3) is 5.91 Å². The normalized spacial score (nSPS) is 21.0. The zero-order valence-corrected chi connectivity index (χ0v) is 15.0. The molecule has 0 spiro atoms. The van der Waals surface area contributed by atoms with Gasteiger partial charge in [-0.2, -0.15) is 23.4 Å². The number of hydrogen-bond acceptors (Lipinski definition) is 4. The number of azo groups is 1. The molecule has 1 heterocycles. The van der Waals surface area contributed by atoms with Crippen LogP contribution in [0.25, 0.3) is 4.85 Å². The van der Waals surface area contributed by atoms with Crippen molar-refractivity contribution in [1.82, 2.24) is 0 Å². The summed E-state index contributed by atoms with van der Waals surface area (Å²) in [5.41, 5.74) is -3.28. The van der Waals surface area contributed by atoms with Crippen LogP contribution in [0.4, 0.5) is 28.9 Å². The Bertz CT molecular complexity index is 1050. The van der Waals surface area contributed by atoms with Crippen LogP contribution in [0, 0.1) is 12.4 Å². The Balaban J connectivity index is 1.81. The van der Waals surface area contributed by atoms with Gasteiger partial charge in [0.05, 0.1) is 12.1 Å².